The fourth-order valence-corrected chi connectivity index (χ4v) is 5.94. The third-order valence-electron chi connectivity index (χ3n) is 3.64. The summed E-state index contributed by atoms with van der Waals surface area (Å²) in [5.74, 6) is -0.551. The summed E-state index contributed by atoms with van der Waals surface area (Å²) in [6.45, 7) is 1.51. The summed E-state index contributed by atoms with van der Waals surface area (Å²) in [5.41, 5.74) is 0.727. The van der Waals surface area contributed by atoms with Gasteiger partial charge in [-0.25, -0.2) is 8.42 Å². The van der Waals surface area contributed by atoms with Gasteiger partial charge in [-0.15, -0.1) is 11.3 Å². The van der Waals surface area contributed by atoms with Gasteiger partial charge in [-0.05, 0) is 31.4 Å². The molecule has 0 atom stereocenters. The number of carbonyl (C=O) groups is 1. The highest BCUT2D eigenvalue weighted by atomic mass is 35.5. The van der Waals surface area contributed by atoms with Gasteiger partial charge in [-0.1, -0.05) is 24.4 Å². The first kappa shape index (κ1) is 16.7. The smallest absolute Gasteiger partial charge is 0.321 e. The minimum absolute atomic E-state index is 0.143. The molecule has 0 bridgehead atoms. The zero-order valence-corrected chi connectivity index (χ0v) is 14.4. The summed E-state index contributed by atoms with van der Waals surface area (Å²) < 4.78 is 32.2. The molecule has 1 aliphatic carbocycles. The molecule has 0 aliphatic heterocycles. The Morgan fingerprint density at radius 3 is 2.57 bits per heavy atom. The molecule has 1 fully saturated rings. The van der Waals surface area contributed by atoms with E-state index in [-0.39, 0.29) is 16.8 Å². The lowest BCUT2D eigenvalue weighted by Crippen LogP contribution is -2.42. The number of sulfonamides is 1. The van der Waals surface area contributed by atoms with Gasteiger partial charge in [0.05, 0.1) is 11.4 Å². The first-order valence-electron chi connectivity index (χ1n) is 6.71. The van der Waals surface area contributed by atoms with E-state index >= 15 is 0 Å². The van der Waals surface area contributed by atoms with Crippen LogP contribution >= 0.6 is 22.9 Å². The normalized spacial score (nSPS) is 16.6. The summed E-state index contributed by atoms with van der Waals surface area (Å²) in [5, 5.41) is 0. The maximum atomic E-state index is 12.8. The minimum atomic E-state index is -3.72. The molecule has 118 valence electrons. The molecule has 0 aromatic carbocycles. The predicted octanol–water partition coefficient (Wildman–Crippen LogP) is 2.82. The van der Waals surface area contributed by atoms with Crippen LogP contribution in [0.5, 0.6) is 0 Å². The van der Waals surface area contributed by atoms with E-state index in [4.69, 9.17) is 11.6 Å². The highest BCUT2D eigenvalue weighted by molar-refractivity contribution is 7.91. The Bertz CT molecular complexity index is 601. The molecule has 1 saturated carbocycles. The molecule has 0 amide bonds. The molecule has 0 N–H and O–H groups in total. The third kappa shape index (κ3) is 3.59. The fraction of sp³-hybridized carbons (Fsp3) is 0.615. The van der Waals surface area contributed by atoms with E-state index in [0.29, 0.717) is 4.34 Å². The van der Waals surface area contributed by atoms with Crippen LogP contribution in [0.3, 0.4) is 0 Å². The number of hydrogen-bond donors (Lipinski definition) is 0. The molecule has 21 heavy (non-hydrogen) atoms. The number of esters is 1. The van der Waals surface area contributed by atoms with Crippen molar-refractivity contribution < 1.29 is 17.9 Å². The zero-order valence-electron chi connectivity index (χ0n) is 12.0. The maximum absolute atomic E-state index is 12.8. The lowest BCUT2D eigenvalue weighted by Gasteiger charge is -2.26. The average molecular weight is 352 g/mol. The maximum Gasteiger partial charge on any atom is 0.321 e. The van der Waals surface area contributed by atoms with Crippen LogP contribution in [0.2, 0.25) is 4.34 Å². The molecule has 1 heterocycles. The van der Waals surface area contributed by atoms with Crippen LogP contribution in [0.25, 0.3) is 0 Å². The van der Waals surface area contributed by atoms with Crippen LogP contribution in [-0.4, -0.2) is 38.4 Å². The van der Waals surface area contributed by atoms with E-state index < -0.39 is 16.0 Å². The predicted molar refractivity (Wildman–Crippen MR) is 82.2 cm³/mol. The minimum Gasteiger partial charge on any atom is -0.468 e. The van der Waals surface area contributed by atoms with Crippen LogP contribution in [0.4, 0.5) is 0 Å². The SMILES string of the molecule is COC(=O)CN(C1CCCC1)S(=O)(=O)c1cc(C)c(Cl)s1. The Kier molecular flexibility index (Phi) is 5.29. The number of hydrogen-bond acceptors (Lipinski definition) is 5. The molecule has 1 aromatic heterocycles. The fourth-order valence-electron chi connectivity index (χ4n) is 2.47. The van der Waals surface area contributed by atoms with Gasteiger partial charge in [-0.2, -0.15) is 4.31 Å². The Labute approximate surface area is 133 Å². The Morgan fingerprint density at radius 1 is 1.48 bits per heavy atom. The average Bonchev–Trinajstić information content (AvgIpc) is 3.06. The lowest BCUT2D eigenvalue weighted by atomic mass is 10.2. The Hall–Kier alpha value is -0.630. The van der Waals surface area contributed by atoms with Crippen molar-refractivity contribution in [1.29, 1.82) is 0 Å². The highest BCUT2D eigenvalue weighted by Gasteiger charge is 2.36. The summed E-state index contributed by atoms with van der Waals surface area (Å²) in [7, 11) is -2.47. The number of ether oxygens (including phenoxy) is 1. The van der Waals surface area contributed by atoms with Gasteiger partial charge in [0.25, 0.3) is 10.0 Å². The Morgan fingerprint density at radius 2 is 2.10 bits per heavy atom. The van der Waals surface area contributed by atoms with E-state index in [0.717, 1.165) is 42.6 Å². The van der Waals surface area contributed by atoms with Crippen molar-refractivity contribution in [1.82, 2.24) is 4.31 Å². The lowest BCUT2D eigenvalue weighted by molar-refractivity contribution is -0.141. The van der Waals surface area contributed by atoms with Gasteiger partial charge in [0.2, 0.25) is 0 Å². The molecule has 0 unspecified atom stereocenters. The molecule has 0 radical (unpaired) electrons. The molecule has 5 nitrogen and oxygen atoms in total. The van der Waals surface area contributed by atoms with Crippen LogP contribution in [0.1, 0.15) is 31.2 Å². The third-order valence-corrected chi connectivity index (χ3v) is 7.54. The number of methoxy groups -OCH3 is 1. The van der Waals surface area contributed by atoms with E-state index in [2.05, 4.69) is 4.74 Å². The van der Waals surface area contributed by atoms with E-state index in [1.54, 1.807) is 13.0 Å². The Balaban J connectivity index is 2.35. The van der Waals surface area contributed by atoms with Gasteiger partial charge in [0, 0.05) is 6.04 Å². The monoisotopic (exact) mass is 351 g/mol. The molecule has 0 spiro atoms. The molecular weight excluding hydrogens is 334 g/mol. The first-order chi connectivity index (χ1) is 9.86. The number of rotatable bonds is 5. The topological polar surface area (TPSA) is 63.7 Å². The van der Waals surface area contributed by atoms with Crippen molar-refractivity contribution in [3.8, 4) is 0 Å². The molecule has 0 saturated heterocycles. The second-order valence-corrected chi connectivity index (χ2v) is 8.86. The van der Waals surface area contributed by atoms with Crippen LogP contribution in [0, 0.1) is 6.92 Å². The van der Waals surface area contributed by atoms with Gasteiger partial charge in [0.1, 0.15) is 10.8 Å². The van der Waals surface area contributed by atoms with E-state index in [1.807, 2.05) is 0 Å². The summed E-state index contributed by atoms with van der Waals surface area (Å²) >= 11 is 7.00. The van der Waals surface area contributed by atoms with Gasteiger partial charge in [-0.3, -0.25) is 4.79 Å². The van der Waals surface area contributed by atoms with Gasteiger partial charge in [0.15, 0.2) is 0 Å². The van der Waals surface area contributed by atoms with E-state index in [1.165, 1.54) is 11.4 Å². The summed E-state index contributed by atoms with van der Waals surface area (Å²) in [6.07, 6.45) is 3.49. The zero-order chi connectivity index (χ0) is 15.6. The molecule has 1 aliphatic rings. The number of thiophene rings is 1. The van der Waals surface area contributed by atoms with Crippen molar-refractivity contribution in [2.45, 2.75) is 42.9 Å². The molecular formula is C13H18ClNO4S2. The van der Waals surface area contributed by atoms with Crippen LogP contribution in [-0.2, 0) is 19.6 Å². The van der Waals surface area contributed by atoms with Gasteiger partial charge >= 0.3 is 5.97 Å². The second-order valence-electron chi connectivity index (χ2n) is 5.09. The number of carbonyl (C=O) groups excluding carboxylic acids is 1. The van der Waals surface area contributed by atoms with Crippen molar-refractivity contribution in [3.63, 3.8) is 0 Å². The standard InChI is InChI=1S/C13H18ClNO4S2/c1-9-7-12(20-13(9)14)21(17,18)15(8-11(16)19-2)10-5-3-4-6-10/h7,10H,3-6,8H2,1-2H3. The van der Waals surface area contributed by atoms with Crippen molar-refractivity contribution in [2.75, 3.05) is 13.7 Å². The summed E-state index contributed by atoms with van der Waals surface area (Å²) in [6, 6.07) is 1.41. The van der Waals surface area contributed by atoms with Crippen molar-refractivity contribution in [2.24, 2.45) is 0 Å². The summed E-state index contributed by atoms with van der Waals surface area (Å²) in [4.78, 5) is 11.6. The highest BCUT2D eigenvalue weighted by Crippen LogP contribution is 2.35. The number of nitrogens with zero attached hydrogens (tertiary/aromatic N) is 1. The number of halogens is 1. The largest absolute Gasteiger partial charge is 0.468 e. The van der Waals surface area contributed by atoms with Gasteiger partial charge < -0.3 is 4.74 Å². The molecule has 1 aromatic rings. The molecule has 8 heteroatoms. The van der Waals surface area contributed by atoms with Crippen LogP contribution < -0.4 is 0 Å². The molecule has 2 rings (SSSR count). The van der Waals surface area contributed by atoms with E-state index in [9.17, 15) is 13.2 Å². The van der Waals surface area contributed by atoms with Crippen LogP contribution in [0.15, 0.2) is 10.3 Å². The van der Waals surface area contributed by atoms with Crippen molar-refractivity contribution in [3.05, 3.63) is 16.0 Å². The number of aryl methyl sites for hydroxylation is 1. The van der Waals surface area contributed by atoms with Crippen molar-refractivity contribution >= 4 is 38.9 Å². The first-order valence-corrected chi connectivity index (χ1v) is 9.34. The quantitative estimate of drug-likeness (QED) is 0.765. The second kappa shape index (κ2) is 6.64.